The van der Waals surface area contributed by atoms with Crippen LogP contribution in [0.2, 0.25) is 5.02 Å². The van der Waals surface area contributed by atoms with Crippen LogP contribution in [-0.4, -0.2) is 25.7 Å². The maximum Gasteiger partial charge on any atom is 0.242 e. The van der Waals surface area contributed by atoms with Crippen molar-refractivity contribution in [2.45, 2.75) is 37.4 Å². The number of nitrogens with zero attached hydrogens (tertiary/aromatic N) is 1. The molecule has 0 aliphatic rings. The molecule has 0 spiro atoms. The number of sulfonamides is 1. The number of nitriles is 1. The molecule has 3 N–H and O–H groups in total. The van der Waals surface area contributed by atoms with Crippen molar-refractivity contribution >= 4 is 43.2 Å². The summed E-state index contributed by atoms with van der Waals surface area (Å²) in [5.74, 6) is 0. The number of hydrogen-bond donors (Lipinski definition) is 3. The molecule has 2 unspecified atom stereocenters. The molecule has 0 fully saturated rings. The van der Waals surface area contributed by atoms with Crippen molar-refractivity contribution < 1.29 is 13.5 Å². The van der Waals surface area contributed by atoms with Crippen LogP contribution in [0.25, 0.3) is 0 Å². The molecule has 0 heterocycles. The number of anilines is 1. The zero-order chi connectivity index (χ0) is 20.2. The Hall–Kier alpha value is -1.63. The van der Waals surface area contributed by atoms with Gasteiger partial charge in [-0.05, 0) is 59.6 Å². The Balaban J connectivity index is 2.41. The highest BCUT2D eigenvalue weighted by atomic mass is 79.9. The van der Waals surface area contributed by atoms with Gasteiger partial charge in [0.2, 0.25) is 10.0 Å². The highest BCUT2D eigenvalue weighted by Crippen LogP contribution is 2.29. The largest absolute Gasteiger partial charge is 0.392 e. The molecule has 0 radical (unpaired) electrons. The summed E-state index contributed by atoms with van der Waals surface area (Å²) in [4.78, 5) is -0.0251. The average molecular weight is 473 g/mol. The first-order chi connectivity index (χ1) is 12.6. The van der Waals surface area contributed by atoms with Crippen molar-refractivity contribution in [3.63, 3.8) is 0 Å². The van der Waals surface area contributed by atoms with E-state index < -0.39 is 22.2 Å². The van der Waals surface area contributed by atoms with Gasteiger partial charge in [-0.2, -0.15) is 5.26 Å². The van der Waals surface area contributed by atoms with Crippen LogP contribution < -0.4 is 10.0 Å². The number of halogens is 2. The molecule has 0 aliphatic heterocycles. The lowest BCUT2D eigenvalue weighted by atomic mass is 10.2. The maximum atomic E-state index is 12.8. The predicted molar refractivity (Wildman–Crippen MR) is 109 cm³/mol. The van der Waals surface area contributed by atoms with Crippen molar-refractivity contribution in [1.82, 2.24) is 4.72 Å². The Bertz CT molecular complexity index is 974. The van der Waals surface area contributed by atoms with Gasteiger partial charge in [-0.3, -0.25) is 0 Å². The second-order valence-corrected chi connectivity index (χ2v) is 9.05. The van der Waals surface area contributed by atoms with E-state index in [4.69, 9.17) is 11.6 Å². The van der Waals surface area contributed by atoms with Crippen LogP contribution in [0.1, 0.15) is 25.0 Å². The number of hydrogen-bond acceptors (Lipinski definition) is 5. The molecule has 0 bridgehead atoms. The molecule has 2 aromatic carbocycles. The number of aliphatic hydroxyl groups excluding tert-OH is 1. The SMILES string of the molecule is CC(O)C(C)NS(=O)(=O)c1cc(Br)c(C#N)cc1NCc1cccc(Cl)c1. The molecule has 144 valence electrons. The van der Waals surface area contributed by atoms with E-state index in [0.717, 1.165) is 5.56 Å². The third-order valence-corrected chi connectivity index (χ3v) is 6.41. The van der Waals surface area contributed by atoms with Crippen LogP contribution in [0.5, 0.6) is 0 Å². The Morgan fingerprint density at radius 3 is 2.59 bits per heavy atom. The lowest BCUT2D eigenvalue weighted by Crippen LogP contribution is -2.39. The molecule has 2 atom stereocenters. The Labute approximate surface area is 172 Å². The van der Waals surface area contributed by atoms with Crippen molar-refractivity contribution in [1.29, 1.82) is 5.26 Å². The van der Waals surface area contributed by atoms with Gasteiger partial charge in [-0.1, -0.05) is 23.7 Å². The van der Waals surface area contributed by atoms with Gasteiger partial charge in [-0.25, -0.2) is 13.1 Å². The molecule has 2 aromatic rings. The molecule has 2 rings (SSSR count). The molecule has 0 saturated heterocycles. The number of nitrogens with one attached hydrogen (secondary N) is 2. The van der Waals surface area contributed by atoms with E-state index >= 15 is 0 Å². The second kappa shape index (κ2) is 9.04. The quantitative estimate of drug-likeness (QED) is 0.571. The van der Waals surface area contributed by atoms with Gasteiger partial charge in [0.15, 0.2) is 0 Å². The van der Waals surface area contributed by atoms with E-state index in [1.807, 2.05) is 12.1 Å². The molecular formula is C18H19BrClN3O3S. The zero-order valence-corrected chi connectivity index (χ0v) is 17.9. The van der Waals surface area contributed by atoms with Crippen LogP contribution in [-0.2, 0) is 16.6 Å². The monoisotopic (exact) mass is 471 g/mol. The summed E-state index contributed by atoms with van der Waals surface area (Å²) in [5.41, 5.74) is 1.43. The summed E-state index contributed by atoms with van der Waals surface area (Å²) in [7, 11) is -3.93. The fourth-order valence-corrected chi connectivity index (χ4v) is 4.56. The third-order valence-electron chi connectivity index (χ3n) is 3.92. The van der Waals surface area contributed by atoms with Crippen LogP contribution in [0.15, 0.2) is 45.8 Å². The second-order valence-electron chi connectivity index (χ2n) is 6.07. The van der Waals surface area contributed by atoms with Crippen LogP contribution in [0, 0.1) is 11.3 Å². The van der Waals surface area contributed by atoms with E-state index in [-0.39, 0.29) is 10.6 Å². The van der Waals surface area contributed by atoms with E-state index in [2.05, 4.69) is 26.0 Å². The highest BCUT2D eigenvalue weighted by molar-refractivity contribution is 9.10. The predicted octanol–water partition coefficient (Wildman–Crippen LogP) is 3.63. The summed E-state index contributed by atoms with van der Waals surface area (Å²) in [6.45, 7) is 3.39. The topological polar surface area (TPSA) is 102 Å². The van der Waals surface area contributed by atoms with Gasteiger partial charge in [0.1, 0.15) is 11.0 Å². The van der Waals surface area contributed by atoms with Gasteiger partial charge >= 0.3 is 0 Å². The van der Waals surface area contributed by atoms with Crippen molar-refractivity contribution in [3.8, 4) is 6.07 Å². The molecule has 27 heavy (non-hydrogen) atoms. The fraction of sp³-hybridized carbons (Fsp3) is 0.278. The molecule has 0 amide bonds. The van der Waals surface area contributed by atoms with E-state index in [0.29, 0.717) is 21.6 Å². The first-order valence-corrected chi connectivity index (χ1v) is 10.7. The minimum atomic E-state index is -3.93. The van der Waals surface area contributed by atoms with Crippen LogP contribution >= 0.6 is 27.5 Å². The van der Waals surface area contributed by atoms with E-state index in [9.17, 15) is 18.8 Å². The minimum Gasteiger partial charge on any atom is -0.392 e. The summed E-state index contributed by atoms with van der Waals surface area (Å²) < 4.78 is 28.4. The van der Waals surface area contributed by atoms with E-state index in [1.165, 1.54) is 19.1 Å². The molecule has 9 heteroatoms. The van der Waals surface area contributed by atoms with Crippen LogP contribution in [0.3, 0.4) is 0 Å². The molecule has 0 saturated carbocycles. The lowest BCUT2D eigenvalue weighted by molar-refractivity contribution is 0.163. The molecule has 0 aliphatic carbocycles. The van der Waals surface area contributed by atoms with Gasteiger partial charge in [0.25, 0.3) is 0 Å². The number of rotatable bonds is 7. The summed E-state index contributed by atoms with van der Waals surface area (Å²) in [5, 5.41) is 22.5. The zero-order valence-electron chi connectivity index (χ0n) is 14.7. The smallest absolute Gasteiger partial charge is 0.242 e. The maximum absolute atomic E-state index is 12.8. The van der Waals surface area contributed by atoms with E-state index in [1.54, 1.807) is 25.1 Å². The van der Waals surface area contributed by atoms with Crippen molar-refractivity contribution in [2.24, 2.45) is 0 Å². The van der Waals surface area contributed by atoms with Crippen molar-refractivity contribution in [3.05, 3.63) is 57.0 Å². The summed E-state index contributed by atoms with van der Waals surface area (Å²) in [6, 6.07) is 11.3. The van der Waals surface area contributed by atoms with Gasteiger partial charge in [-0.15, -0.1) is 0 Å². The Kier molecular flexibility index (Phi) is 7.25. The highest BCUT2D eigenvalue weighted by Gasteiger charge is 2.24. The Morgan fingerprint density at radius 1 is 1.30 bits per heavy atom. The average Bonchev–Trinajstić information content (AvgIpc) is 2.60. The lowest BCUT2D eigenvalue weighted by Gasteiger charge is -2.19. The minimum absolute atomic E-state index is 0.0251. The first-order valence-electron chi connectivity index (χ1n) is 8.06. The number of aliphatic hydroxyl groups is 1. The van der Waals surface area contributed by atoms with Gasteiger partial charge in [0, 0.05) is 22.1 Å². The molecule has 6 nitrogen and oxygen atoms in total. The first kappa shape index (κ1) is 21.7. The third kappa shape index (κ3) is 5.67. The normalized spacial score (nSPS) is 13.6. The summed E-state index contributed by atoms with van der Waals surface area (Å²) >= 11 is 9.20. The fourth-order valence-electron chi connectivity index (χ4n) is 2.25. The molecular weight excluding hydrogens is 454 g/mol. The standard InChI is InChI=1S/C18H19BrClN3O3S/c1-11(12(2)24)23-27(25,26)18-8-16(19)14(9-21)7-17(18)22-10-13-4-3-5-15(20)6-13/h3-8,11-12,22-24H,10H2,1-2H3. The van der Waals surface area contributed by atoms with Crippen LogP contribution in [0.4, 0.5) is 5.69 Å². The Morgan fingerprint density at radius 2 is 2.00 bits per heavy atom. The van der Waals surface area contributed by atoms with Gasteiger partial charge in [0.05, 0.1) is 17.4 Å². The molecule has 0 aromatic heterocycles. The summed E-state index contributed by atoms with van der Waals surface area (Å²) in [6.07, 6.45) is -0.857. The number of benzene rings is 2. The van der Waals surface area contributed by atoms with Gasteiger partial charge < -0.3 is 10.4 Å². The van der Waals surface area contributed by atoms with Crippen molar-refractivity contribution in [2.75, 3.05) is 5.32 Å².